The maximum absolute atomic E-state index is 11.6. The van der Waals surface area contributed by atoms with Gasteiger partial charge in [0.05, 0.1) is 6.04 Å². The van der Waals surface area contributed by atoms with E-state index in [1.807, 2.05) is 51.1 Å². The molecule has 2 atom stereocenters. The van der Waals surface area contributed by atoms with Crippen LogP contribution in [0, 0.1) is 5.92 Å². The van der Waals surface area contributed by atoms with Crippen LogP contribution in [0.15, 0.2) is 30.3 Å². The van der Waals surface area contributed by atoms with Crippen molar-refractivity contribution in [3.8, 4) is 0 Å². The minimum atomic E-state index is 0.0905. The minimum Gasteiger partial charge on any atom is -0.349 e. The number of benzene rings is 1. The van der Waals surface area contributed by atoms with E-state index in [2.05, 4.69) is 5.32 Å². The van der Waals surface area contributed by atoms with E-state index in [0.29, 0.717) is 0 Å². The molecular weight excluding hydrogens is 186 g/mol. The summed E-state index contributed by atoms with van der Waals surface area (Å²) in [6.07, 6.45) is 0.882. The predicted octanol–water partition coefficient (Wildman–Crippen LogP) is 2.91. The Hall–Kier alpha value is -1.31. The lowest BCUT2D eigenvalue weighted by molar-refractivity contribution is -0.125. The van der Waals surface area contributed by atoms with E-state index in [9.17, 15) is 4.79 Å². The van der Waals surface area contributed by atoms with Gasteiger partial charge < -0.3 is 5.32 Å². The molecule has 1 aromatic carbocycles. The molecule has 0 aliphatic heterocycles. The molecule has 0 aromatic heterocycles. The lowest BCUT2D eigenvalue weighted by atomic mass is 10.1. The molecular formula is C13H19NO. The molecule has 1 amide bonds. The van der Waals surface area contributed by atoms with Crippen LogP contribution in [0.25, 0.3) is 0 Å². The first-order chi connectivity index (χ1) is 7.15. The summed E-state index contributed by atoms with van der Waals surface area (Å²) < 4.78 is 0. The number of amides is 1. The number of carbonyl (C=O) groups is 1. The highest BCUT2D eigenvalue weighted by Crippen LogP contribution is 2.12. The van der Waals surface area contributed by atoms with Gasteiger partial charge in [-0.05, 0) is 18.9 Å². The van der Waals surface area contributed by atoms with Crippen LogP contribution < -0.4 is 5.32 Å². The number of rotatable bonds is 4. The second-order valence-corrected chi connectivity index (χ2v) is 3.95. The third-order valence-electron chi connectivity index (χ3n) is 2.72. The molecule has 1 N–H and O–H groups in total. The molecule has 82 valence electrons. The SMILES string of the molecule is CCC(C)C(=O)N[C@H](C)c1ccccc1. The standard InChI is InChI=1S/C13H19NO/c1-4-10(2)13(15)14-11(3)12-8-6-5-7-9-12/h5-11H,4H2,1-3H3,(H,14,15)/t10?,11-/m1/s1. The molecule has 0 spiro atoms. The van der Waals surface area contributed by atoms with Crippen molar-refractivity contribution in [3.63, 3.8) is 0 Å². The van der Waals surface area contributed by atoms with Gasteiger partial charge in [0.2, 0.25) is 5.91 Å². The summed E-state index contributed by atoms with van der Waals surface area (Å²) >= 11 is 0. The first-order valence-corrected chi connectivity index (χ1v) is 5.50. The zero-order valence-corrected chi connectivity index (χ0v) is 9.66. The normalized spacial score (nSPS) is 14.3. The first kappa shape index (κ1) is 11.8. The van der Waals surface area contributed by atoms with Crippen LogP contribution in [0.4, 0.5) is 0 Å². The van der Waals surface area contributed by atoms with Crippen LogP contribution in [0.5, 0.6) is 0 Å². The fraction of sp³-hybridized carbons (Fsp3) is 0.462. The van der Waals surface area contributed by atoms with Crippen LogP contribution in [-0.2, 0) is 4.79 Å². The molecule has 1 unspecified atom stereocenters. The molecule has 15 heavy (non-hydrogen) atoms. The maximum Gasteiger partial charge on any atom is 0.223 e. The van der Waals surface area contributed by atoms with Crippen LogP contribution in [0.1, 0.15) is 38.8 Å². The Balaban J connectivity index is 2.56. The molecule has 2 heteroatoms. The average Bonchev–Trinajstić information content (AvgIpc) is 2.29. The van der Waals surface area contributed by atoms with Crippen LogP contribution in [0.3, 0.4) is 0 Å². The monoisotopic (exact) mass is 205 g/mol. The van der Waals surface area contributed by atoms with Gasteiger partial charge in [-0.3, -0.25) is 4.79 Å². The second kappa shape index (κ2) is 5.54. The van der Waals surface area contributed by atoms with Crippen molar-refractivity contribution < 1.29 is 4.79 Å². The molecule has 0 saturated carbocycles. The predicted molar refractivity (Wildman–Crippen MR) is 62.5 cm³/mol. The van der Waals surface area contributed by atoms with Crippen LogP contribution in [-0.4, -0.2) is 5.91 Å². The Bertz CT molecular complexity index is 308. The number of hydrogen-bond donors (Lipinski definition) is 1. The topological polar surface area (TPSA) is 29.1 Å². The highest BCUT2D eigenvalue weighted by molar-refractivity contribution is 5.78. The fourth-order valence-electron chi connectivity index (χ4n) is 1.37. The van der Waals surface area contributed by atoms with Gasteiger partial charge in [0.15, 0.2) is 0 Å². The molecule has 0 heterocycles. The Morgan fingerprint density at radius 1 is 1.27 bits per heavy atom. The van der Waals surface area contributed by atoms with Crippen molar-refractivity contribution in [2.45, 2.75) is 33.2 Å². The maximum atomic E-state index is 11.6. The van der Waals surface area contributed by atoms with Crippen molar-refractivity contribution in [1.82, 2.24) is 5.32 Å². The third-order valence-corrected chi connectivity index (χ3v) is 2.72. The quantitative estimate of drug-likeness (QED) is 0.804. The summed E-state index contributed by atoms with van der Waals surface area (Å²) in [5, 5.41) is 3.01. The van der Waals surface area contributed by atoms with E-state index in [0.717, 1.165) is 12.0 Å². The van der Waals surface area contributed by atoms with Gasteiger partial charge in [0.1, 0.15) is 0 Å². The molecule has 1 rings (SSSR count). The second-order valence-electron chi connectivity index (χ2n) is 3.95. The highest BCUT2D eigenvalue weighted by atomic mass is 16.1. The minimum absolute atomic E-state index is 0.0905. The van der Waals surface area contributed by atoms with E-state index in [-0.39, 0.29) is 17.9 Å². The molecule has 2 nitrogen and oxygen atoms in total. The van der Waals surface area contributed by atoms with Gasteiger partial charge in [-0.2, -0.15) is 0 Å². The number of hydrogen-bond acceptors (Lipinski definition) is 1. The van der Waals surface area contributed by atoms with Crippen molar-refractivity contribution in [2.24, 2.45) is 5.92 Å². The van der Waals surface area contributed by atoms with Crippen molar-refractivity contribution in [2.75, 3.05) is 0 Å². The number of nitrogens with one attached hydrogen (secondary N) is 1. The average molecular weight is 205 g/mol. The van der Waals surface area contributed by atoms with Gasteiger partial charge in [-0.1, -0.05) is 44.2 Å². The lowest BCUT2D eigenvalue weighted by Gasteiger charge is -2.16. The molecule has 0 aliphatic carbocycles. The lowest BCUT2D eigenvalue weighted by Crippen LogP contribution is -2.31. The van der Waals surface area contributed by atoms with Crippen molar-refractivity contribution >= 4 is 5.91 Å². The fourth-order valence-corrected chi connectivity index (χ4v) is 1.37. The molecule has 0 radical (unpaired) electrons. The highest BCUT2D eigenvalue weighted by Gasteiger charge is 2.13. The van der Waals surface area contributed by atoms with Crippen LogP contribution >= 0.6 is 0 Å². The smallest absolute Gasteiger partial charge is 0.223 e. The molecule has 0 bridgehead atoms. The zero-order valence-electron chi connectivity index (χ0n) is 9.66. The van der Waals surface area contributed by atoms with E-state index >= 15 is 0 Å². The van der Waals surface area contributed by atoms with Crippen molar-refractivity contribution in [1.29, 1.82) is 0 Å². The summed E-state index contributed by atoms with van der Waals surface area (Å²) in [6, 6.07) is 10.1. The molecule has 1 aromatic rings. The molecule has 0 saturated heterocycles. The summed E-state index contributed by atoms with van der Waals surface area (Å²) in [6.45, 7) is 5.99. The summed E-state index contributed by atoms with van der Waals surface area (Å²) in [7, 11) is 0. The summed E-state index contributed by atoms with van der Waals surface area (Å²) in [5.41, 5.74) is 1.15. The summed E-state index contributed by atoms with van der Waals surface area (Å²) in [5.74, 6) is 0.227. The largest absolute Gasteiger partial charge is 0.349 e. The first-order valence-electron chi connectivity index (χ1n) is 5.50. The molecule has 0 fully saturated rings. The van der Waals surface area contributed by atoms with Gasteiger partial charge in [0.25, 0.3) is 0 Å². The van der Waals surface area contributed by atoms with Gasteiger partial charge in [-0.15, -0.1) is 0 Å². The van der Waals surface area contributed by atoms with Crippen LogP contribution in [0.2, 0.25) is 0 Å². The van der Waals surface area contributed by atoms with E-state index in [1.165, 1.54) is 0 Å². The third kappa shape index (κ3) is 3.39. The van der Waals surface area contributed by atoms with Gasteiger partial charge >= 0.3 is 0 Å². The van der Waals surface area contributed by atoms with Gasteiger partial charge in [-0.25, -0.2) is 0 Å². The zero-order chi connectivity index (χ0) is 11.3. The van der Waals surface area contributed by atoms with E-state index in [1.54, 1.807) is 0 Å². The summed E-state index contributed by atoms with van der Waals surface area (Å²) in [4.78, 5) is 11.6. The van der Waals surface area contributed by atoms with Gasteiger partial charge in [0, 0.05) is 5.92 Å². The number of carbonyl (C=O) groups excluding carboxylic acids is 1. The van der Waals surface area contributed by atoms with E-state index in [4.69, 9.17) is 0 Å². The Kier molecular flexibility index (Phi) is 4.35. The Labute approximate surface area is 91.7 Å². The Morgan fingerprint density at radius 2 is 1.87 bits per heavy atom. The van der Waals surface area contributed by atoms with E-state index < -0.39 is 0 Å². The van der Waals surface area contributed by atoms with Crippen molar-refractivity contribution in [3.05, 3.63) is 35.9 Å². The molecule has 0 aliphatic rings. The Morgan fingerprint density at radius 3 is 2.40 bits per heavy atom.